The van der Waals surface area contributed by atoms with Crippen LogP contribution < -0.4 is 5.32 Å². The Bertz CT molecular complexity index is 219. The molecule has 0 fully saturated rings. The van der Waals surface area contributed by atoms with Crippen LogP contribution in [0.4, 0.5) is 0 Å². The summed E-state index contributed by atoms with van der Waals surface area (Å²) in [6, 6.07) is -0.0306. The van der Waals surface area contributed by atoms with Gasteiger partial charge in [0.25, 0.3) is 0 Å². The van der Waals surface area contributed by atoms with Crippen molar-refractivity contribution < 1.29 is 19.1 Å². The third kappa shape index (κ3) is 8.68. The lowest BCUT2D eigenvalue weighted by Gasteiger charge is -2.18. The highest BCUT2D eigenvalue weighted by Gasteiger charge is 2.15. The van der Waals surface area contributed by atoms with Crippen LogP contribution in [0.3, 0.4) is 0 Å². The minimum absolute atomic E-state index is 0.0153. The first-order valence-corrected chi connectivity index (χ1v) is 6.06. The van der Waals surface area contributed by atoms with Crippen molar-refractivity contribution in [3.8, 4) is 0 Å². The Hall–Kier alpha value is -1.10. The van der Waals surface area contributed by atoms with Crippen LogP contribution in [0.15, 0.2) is 0 Å². The maximum atomic E-state index is 11.2. The molecule has 0 rings (SSSR count). The molecule has 0 heterocycles. The molecule has 0 saturated carbocycles. The zero-order chi connectivity index (χ0) is 13.3. The number of nitrogens with one attached hydrogen (secondary N) is 1. The van der Waals surface area contributed by atoms with Crippen molar-refractivity contribution in [1.82, 2.24) is 5.32 Å². The molecule has 0 aliphatic heterocycles. The highest BCUT2D eigenvalue weighted by Crippen LogP contribution is 2.00. The van der Waals surface area contributed by atoms with Gasteiger partial charge in [0.1, 0.15) is 0 Å². The van der Waals surface area contributed by atoms with E-state index in [4.69, 9.17) is 9.47 Å². The second kappa shape index (κ2) is 8.98. The van der Waals surface area contributed by atoms with Gasteiger partial charge in [-0.1, -0.05) is 0 Å². The molecule has 17 heavy (non-hydrogen) atoms. The summed E-state index contributed by atoms with van der Waals surface area (Å²) in [5, 5.41) is 3.16. The zero-order valence-electron chi connectivity index (χ0n) is 11.1. The normalized spacial score (nSPS) is 13.9. The Labute approximate surface area is 103 Å². The van der Waals surface area contributed by atoms with E-state index in [0.29, 0.717) is 26.1 Å². The topological polar surface area (TPSA) is 64.6 Å². The average molecular weight is 245 g/mol. The second-order valence-corrected chi connectivity index (χ2v) is 3.99. The molecule has 0 aromatic rings. The molecule has 0 spiro atoms. The molecular weight excluding hydrogens is 222 g/mol. The number of carbonyl (C=O) groups excluding carboxylic acids is 2. The second-order valence-electron chi connectivity index (χ2n) is 3.99. The lowest BCUT2D eigenvalue weighted by Crippen LogP contribution is -2.37. The Kier molecular flexibility index (Phi) is 8.40. The van der Waals surface area contributed by atoms with Gasteiger partial charge in [0, 0.05) is 12.1 Å². The van der Waals surface area contributed by atoms with Crippen LogP contribution in [0, 0.1) is 0 Å². The van der Waals surface area contributed by atoms with Crippen molar-refractivity contribution >= 4 is 11.9 Å². The smallest absolute Gasteiger partial charge is 0.307 e. The fourth-order valence-electron chi connectivity index (χ4n) is 1.54. The van der Waals surface area contributed by atoms with Gasteiger partial charge in [0.15, 0.2) is 0 Å². The standard InChI is InChI=1S/C12H23NO4/c1-5-16-11(14)7-9(3)13-10(4)8-12(15)17-6-2/h9-10,13H,5-8H2,1-4H3. The monoisotopic (exact) mass is 245 g/mol. The van der Waals surface area contributed by atoms with Gasteiger partial charge in [-0.3, -0.25) is 9.59 Å². The highest BCUT2D eigenvalue weighted by atomic mass is 16.5. The molecule has 0 bridgehead atoms. The third-order valence-electron chi connectivity index (χ3n) is 2.13. The molecule has 5 nitrogen and oxygen atoms in total. The van der Waals surface area contributed by atoms with E-state index in [1.54, 1.807) is 13.8 Å². The Morgan fingerprint density at radius 3 is 1.59 bits per heavy atom. The lowest BCUT2D eigenvalue weighted by atomic mass is 10.1. The van der Waals surface area contributed by atoms with Crippen LogP contribution in [-0.2, 0) is 19.1 Å². The summed E-state index contributed by atoms with van der Waals surface area (Å²) >= 11 is 0. The van der Waals surface area contributed by atoms with Crippen LogP contribution >= 0.6 is 0 Å². The van der Waals surface area contributed by atoms with Crippen molar-refractivity contribution in [2.75, 3.05) is 13.2 Å². The van der Waals surface area contributed by atoms with Crippen molar-refractivity contribution in [2.24, 2.45) is 0 Å². The Balaban J connectivity index is 3.82. The number of hydrogen-bond donors (Lipinski definition) is 1. The van der Waals surface area contributed by atoms with Gasteiger partial charge in [-0.15, -0.1) is 0 Å². The molecule has 0 amide bonds. The molecule has 0 aliphatic rings. The lowest BCUT2D eigenvalue weighted by molar-refractivity contribution is -0.143. The first-order chi connectivity index (χ1) is 7.99. The molecule has 0 aromatic heterocycles. The van der Waals surface area contributed by atoms with Crippen molar-refractivity contribution in [1.29, 1.82) is 0 Å². The van der Waals surface area contributed by atoms with Gasteiger partial charge in [-0.25, -0.2) is 0 Å². The molecule has 2 atom stereocenters. The van der Waals surface area contributed by atoms with Crippen LogP contribution in [0.2, 0.25) is 0 Å². The maximum Gasteiger partial charge on any atom is 0.307 e. The fourth-order valence-corrected chi connectivity index (χ4v) is 1.54. The molecule has 0 aromatic carbocycles. The summed E-state index contributed by atoms with van der Waals surface area (Å²) in [7, 11) is 0. The largest absolute Gasteiger partial charge is 0.466 e. The van der Waals surface area contributed by atoms with E-state index in [0.717, 1.165) is 0 Å². The Morgan fingerprint density at radius 1 is 0.941 bits per heavy atom. The predicted molar refractivity (Wildman–Crippen MR) is 64.6 cm³/mol. The van der Waals surface area contributed by atoms with Gasteiger partial charge < -0.3 is 14.8 Å². The molecule has 0 radical (unpaired) electrons. The molecule has 5 heteroatoms. The van der Waals surface area contributed by atoms with Gasteiger partial charge in [0.2, 0.25) is 0 Å². The van der Waals surface area contributed by atoms with E-state index in [1.807, 2.05) is 13.8 Å². The molecule has 100 valence electrons. The molecule has 0 aliphatic carbocycles. The van der Waals surface area contributed by atoms with E-state index in [2.05, 4.69) is 5.32 Å². The summed E-state index contributed by atoms with van der Waals surface area (Å²) in [5.74, 6) is -0.452. The summed E-state index contributed by atoms with van der Waals surface area (Å²) in [4.78, 5) is 22.4. The molecule has 0 saturated heterocycles. The van der Waals surface area contributed by atoms with Crippen LogP contribution in [0.5, 0.6) is 0 Å². The highest BCUT2D eigenvalue weighted by molar-refractivity contribution is 5.70. The van der Waals surface area contributed by atoms with Crippen LogP contribution in [0.1, 0.15) is 40.5 Å². The minimum atomic E-state index is -0.226. The van der Waals surface area contributed by atoms with Crippen LogP contribution in [-0.4, -0.2) is 37.2 Å². The Morgan fingerprint density at radius 2 is 1.29 bits per heavy atom. The minimum Gasteiger partial charge on any atom is -0.466 e. The first kappa shape index (κ1) is 15.9. The number of hydrogen-bond acceptors (Lipinski definition) is 5. The van der Waals surface area contributed by atoms with E-state index in [9.17, 15) is 9.59 Å². The average Bonchev–Trinajstić information content (AvgIpc) is 2.16. The zero-order valence-corrected chi connectivity index (χ0v) is 11.1. The van der Waals surface area contributed by atoms with Gasteiger partial charge in [-0.05, 0) is 27.7 Å². The van der Waals surface area contributed by atoms with Gasteiger partial charge >= 0.3 is 11.9 Å². The summed E-state index contributed by atoms with van der Waals surface area (Å²) in [6.45, 7) is 8.11. The summed E-state index contributed by atoms with van der Waals surface area (Å²) < 4.78 is 9.69. The van der Waals surface area contributed by atoms with Crippen molar-refractivity contribution in [3.05, 3.63) is 0 Å². The number of ether oxygens (including phenoxy) is 2. The predicted octanol–water partition coefficient (Wildman–Crippen LogP) is 1.26. The number of carbonyl (C=O) groups is 2. The van der Waals surface area contributed by atoms with E-state index < -0.39 is 0 Å². The maximum absolute atomic E-state index is 11.2. The van der Waals surface area contributed by atoms with Gasteiger partial charge in [0.05, 0.1) is 26.1 Å². The van der Waals surface area contributed by atoms with E-state index in [1.165, 1.54) is 0 Å². The number of esters is 2. The SMILES string of the molecule is CCOC(=O)CC(C)NC(C)CC(=O)OCC. The summed E-state index contributed by atoms with van der Waals surface area (Å²) in [5.41, 5.74) is 0. The van der Waals surface area contributed by atoms with Gasteiger partial charge in [-0.2, -0.15) is 0 Å². The van der Waals surface area contributed by atoms with E-state index in [-0.39, 0.29) is 24.0 Å². The summed E-state index contributed by atoms with van der Waals surface area (Å²) in [6.07, 6.45) is 0.613. The molecule has 2 unspecified atom stereocenters. The van der Waals surface area contributed by atoms with Crippen molar-refractivity contribution in [2.45, 2.75) is 52.6 Å². The van der Waals surface area contributed by atoms with Crippen LogP contribution in [0.25, 0.3) is 0 Å². The van der Waals surface area contributed by atoms with Crippen molar-refractivity contribution in [3.63, 3.8) is 0 Å². The number of rotatable bonds is 8. The third-order valence-corrected chi connectivity index (χ3v) is 2.13. The fraction of sp³-hybridized carbons (Fsp3) is 0.833. The quantitative estimate of drug-likeness (QED) is 0.652. The molecular formula is C12H23NO4. The first-order valence-electron chi connectivity index (χ1n) is 6.06. The molecule has 1 N–H and O–H groups in total. The van der Waals surface area contributed by atoms with E-state index >= 15 is 0 Å².